The molecule has 0 radical (unpaired) electrons. The highest BCUT2D eigenvalue weighted by Crippen LogP contribution is 1.99. The number of aryl methyl sites for hydroxylation is 3. The quantitative estimate of drug-likeness (QED) is 0.616. The van der Waals surface area contributed by atoms with E-state index < -0.39 is 0 Å². The third kappa shape index (κ3) is 9.30. The van der Waals surface area contributed by atoms with Crippen LogP contribution in [-0.4, -0.2) is 9.78 Å². The SMILES string of the molecule is CC.CC.CC.Cc1cn(C)nc1C. The van der Waals surface area contributed by atoms with Crippen LogP contribution in [0.4, 0.5) is 0 Å². The molecule has 0 fully saturated rings. The van der Waals surface area contributed by atoms with Crippen molar-refractivity contribution in [1.82, 2.24) is 9.78 Å². The van der Waals surface area contributed by atoms with E-state index in [4.69, 9.17) is 0 Å². The lowest BCUT2D eigenvalue weighted by Crippen LogP contribution is -1.86. The molecule has 2 heteroatoms. The Morgan fingerprint density at radius 1 is 0.929 bits per heavy atom. The van der Waals surface area contributed by atoms with Crippen LogP contribution in [0.2, 0.25) is 0 Å². The van der Waals surface area contributed by atoms with Crippen molar-refractivity contribution in [3.8, 4) is 0 Å². The van der Waals surface area contributed by atoms with Crippen LogP contribution in [-0.2, 0) is 7.05 Å². The fraction of sp³-hybridized carbons (Fsp3) is 0.750. The van der Waals surface area contributed by atoms with Gasteiger partial charge < -0.3 is 0 Å². The van der Waals surface area contributed by atoms with Gasteiger partial charge in [-0.05, 0) is 19.4 Å². The van der Waals surface area contributed by atoms with E-state index in [1.165, 1.54) is 5.56 Å². The lowest BCUT2D eigenvalue weighted by molar-refractivity contribution is 0.756. The fourth-order valence-electron chi connectivity index (χ4n) is 0.718. The molecule has 1 rings (SSSR count). The average molecular weight is 200 g/mol. The molecule has 86 valence electrons. The molecule has 0 spiro atoms. The van der Waals surface area contributed by atoms with Crippen molar-refractivity contribution in [2.45, 2.75) is 55.4 Å². The molecule has 1 aromatic heterocycles. The molecule has 0 bridgehead atoms. The maximum Gasteiger partial charge on any atom is 0.0622 e. The van der Waals surface area contributed by atoms with Crippen molar-refractivity contribution in [3.05, 3.63) is 17.5 Å². The van der Waals surface area contributed by atoms with Gasteiger partial charge in [0, 0.05) is 13.2 Å². The minimum atomic E-state index is 1.12. The van der Waals surface area contributed by atoms with Gasteiger partial charge in [-0.25, -0.2) is 0 Å². The van der Waals surface area contributed by atoms with E-state index >= 15 is 0 Å². The van der Waals surface area contributed by atoms with Gasteiger partial charge in [0.25, 0.3) is 0 Å². The van der Waals surface area contributed by atoms with Crippen LogP contribution in [0.15, 0.2) is 6.20 Å². The van der Waals surface area contributed by atoms with Crippen LogP contribution in [0.5, 0.6) is 0 Å². The van der Waals surface area contributed by atoms with Crippen LogP contribution in [0.25, 0.3) is 0 Å². The molecule has 0 amide bonds. The van der Waals surface area contributed by atoms with E-state index in [-0.39, 0.29) is 0 Å². The van der Waals surface area contributed by atoms with E-state index in [2.05, 4.69) is 12.0 Å². The Balaban J connectivity index is -0.000000174. The highest BCUT2D eigenvalue weighted by Gasteiger charge is 1.92. The van der Waals surface area contributed by atoms with Crippen molar-refractivity contribution in [1.29, 1.82) is 0 Å². The van der Waals surface area contributed by atoms with Gasteiger partial charge in [-0.15, -0.1) is 0 Å². The zero-order valence-corrected chi connectivity index (χ0v) is 11.5. The molecule has 0 aromatic carbocycles. The molecule has 0 saturated carbocycles. The number of hydrogen-bond acceptors (Lipinski definition) is 1. The molecule has 1 aromatic rings. The molecule has 0 saturated heterocycles. The van der Waals surface area contributed by atoms with Crippen LogP contribution in [0.1, 0.15) is 52.8 Å². The summed E-state index contributed by atoms with van der Waals surface area (Å²) < 4.78 is 1.82. The Bertz CT molecular complexity index is 171. The largest absolute Gasteiger partial charge is 0.275 e. The summed E-state index contributed by atoms with van der Waals surface area (Å²) in [4.78, 5) is 0. The first kappa shape index (κ1) is 18.9. The summed E-state index contributed by atoms with van der Waals surface area (Å²) in [6.07, 6.45) is 2.01. The van der Waals surface area contributed by atoms with Gasteiger partial charge in [-0.2, -0.15) is 5.10 Å². The van der Waals surface area contributed by atoms with Gasteiger partial charge >= 0.3 is 0 Å². The Hall–Kier alpha value is -0.790. The van der Waals surface area contributed by atoms with Crippen LogP contribution < -0.4 is 0 Å². The van der Waals surface area contributed by atoms with Crippen LogP contribution in [0, 0.1) is 13.8 Å². The summed E-state index contributed by atoms with van der Waals surface area (Å²) in [7, 11) is 1.93. The van der Waals surface area contributed by atoms with E-state index in [0.29, 0.717) is 0 Å². The average Bonchev–Trinajstić information content (AvgIpc) is 2.53. The minimum Gasteiger partial charge on any atom is -0.275 e. The van der Waals surface area contributed by atoms with E-state index in [1.54, 1.807) is 0 Å². The van der Waals surface area contributed by atoms with Gasteiger partial charge in [0.1, 0.15) is 0 Å². The molecule has 0 N–H and O–H groups in total. The van der Waals surface area contributed by atoms with Crippen molar-refractivity contribution < 1.29 is 0 Å². The molecular formula is C12H28N2. The lowest BCUT2D eigenvalue weighted by atomic mass is 10.3. The molecule has 2 nitrogen and oxygen atoms in total. The van der Waals surface area contributed by atoms with E-state index in [1.807, 2.05) is 66.4 Å². The summed E-state index contributed by atoms with van der Waals surface area (Å²) in [5.41, 5.74) is 2.38. The molecule has 1 heterocycles. The first-order valence-corrected chi connectivity index (χ1v) is 5.67. The maximum atomic E-state index is 4.13. The maximum absolute atomic E-state index is 4.13. The number of hydrogen-bond donors (Lipinski definition) is 0. The second-order valence-electron chi connectivity index (χ2n) is 2.07. The Kier molecular flexibility index (Phi) is 19.9. The third-order valence-corrected chi connectivity index (χ3v) is 1.26. The summed E-state index contributed by atoms with van der Waals surface area (Å²) in [5, 5.41) is 4.13. The normalized spacial score (nSPS) is 6.93. The van der Waals surface area contributed by atoms with Crippen molar-refractivity contribution in [2.24, 2.45) is 7.05 Å². The molecule has 0 aliphatic rings. The summed E-state index contributed by atoms with van der Waals surface area (Å²) in [5.74, 6) is 0. The van der Waals surface area contributed by atoms with Gasteiger partial charge in [0.05, 0.1) is 5.69 Å². The monoisotopic (exact) mass is 200 g/mol. The van der Waals surface area contributed by atoms with Gasteiger partial charge in [0.2, 0.25) is 0 Å². The zero-order valence-electron chi connectivity index (χ0n) is 11.5. The van der Waals surface area contributed by atoms with Gasteiger partial charge in [-0.1, -0.05) is 41.5 Å². The summed E-state index contributed by atoms with van der Waals surface area (Å²) in [6, 6.07) is 0. The Labute approximate surface area is 90.3 Å². The Morgan fingerprint density at radius 3 is 1.36 bits per heavy atom. The zero-order chi connectivity index (χ0) is 12.1. The van der Waals surface area contributed by atoms with Crippen molar-refractivity contribution in [2.75, 3.05) is 0 Å². The first-order valence-electron chi connectivity index (χ1n) is 5.67. The number of rotatable bonds is 0. The number of nitrogens with zero attached hydrogens (tertiary/aromatic N) is 2. The van der Waals surface area contributed by atoms with Gasteiger partial charge in [0.15, 0.2) is 0 Å². The molecule has 0 aliphatic heterocycles. The van der Waals surface area contributed by atoms with Crippen LogP contribution >= 0.6 is 0 Å². The smallest absolute Gasteiger partial charge is 0.0622 e. The molecule has 0 unspecified atom stereocenters. The molecule has 0 aliphatic carbocycles. The Morgan fingerprint density at radius 2 is 1.29 bits per heavy atom. The lowest BCUT2D eigenvalue weighted by Gasteiger charge is -1.79. The molecular weight excluding hydrogens is 172 g/mol. The molecule has 14 heavy (non-hydrogen) atoms. The van der Waals surface area contributed by atoms with Crippen molar-refractivity contribution >= 4 is 0 Å². The van der Waals surface area contributed by atoms with Gasteiger partial charge in [-0.3, -0.25) is 4.68 Å². The summed E-state index contributed by atoms with van der Waals surface area (Å²) in [6.45, 7) is 16.1. The topological polar surface area (TPSA) is 17.8 Å². The highest BCUT2D eigenvalue weighted by atomic mass is 15.2. The highest BCUT2D eigenvalue weighted by molar-refractivity contribution is 5.11. The third-order valence-electron chi connectivity index (χ3n) is 1.26. The second kappa shape index (κ2) is 14.7. The van der Waals surface area contributed by atoms with Crippen LogP contribution in [0.3, 0.4) is 0 Å². The predicted octanol–water partition coefficient (Wildman–Crippen LogP) is 4.12. The molecule has 0 atom stereocenters. The standard InChI is InChI=1S/C6H10N2.3C2H6/c1-5-4-8(3)7-6(5)2;3*1-2/h4H,1-3H3;3*1-2H3. The second-order valence-corrected chi connectivity index (χ2v) is 2.07. The predicted molar refractivity (Wildman–Crippen MR) is 66.7 cm³/mol. The van der Waals surface area contributed by atoms with E-state index in [9.17, 15) is 0 Å². The van der Waals surface area contributed by atoms with Crippen molar-refractivity contribution in [3.63, 3.8) is 0 Å². The first-order chi connectivity index (χ1) is 6.70. The summed E-state index contributed by atoms with van der Waals surface area (Å²) >= 11 is 0. The number of aromatic nitrogens is 2. The fourth-order valence-corrected chi connectivity index (χ4v) is 0.718. The minimum absolute atomic E-state index is 1.12. The van der Waals surface area contributed by atoms with E-state index in [0.717, 1.165) is 5.69 Å².